The standard InChI is InChI=1S/C16H19ClFN3/c1-3-6-19-15(16-10-20-11(2)9-21-16)8-12-4-5-14(18)13(17)7-12/h4-5,7,9-10,15,19H,3,6,8H2,1-2H3. The molecule has 0 spiro atoms. The lowest BCUT2D eigenvalue weighted by atomic mass is 10.0. The van der Waals surface area contributed by atoms with Crippen LogP contribution in [0.5, 0.6) is 0 Å². The molecule has 112 valence electrons. The topological polar surface area (TPSA) is 37.8 Å². The Morgan fingerprint density at radius 3 is 2.71 bits per heavy atom. The van der Waals surface area contributed by atoms with Gasteiger partial charge in [-0.2, -0.15) is 0 Å². The van der Waals surface area contributed by atoms with Gasteiger partial charge in [-0.15, -0.1) is 0 Å². The number of nitrogens with zero attached hydrogens (tertiary/aromatic N) is 2. The molecule has 1 unspecified atom stereocenters. The molecule has 3 nitrogen and oxygen atoms in total. The van der Waals surface area contributed by atoms with Gasteiger partial charge in [-0.25, -0.2) is 4.39 Å². The van der Waals surface area contributed by atoms with Crippen LogP contribution in [-0.2, 0) is 6.42 Å². The van der Waals surface area contributed by atoms with E-state index in [2.05, 4.69) is 22.2 Å². The summed E-state index contributed by atoms with van der Waals surface area (Å²) in [6, 6.07) is 4.86. The van der Waals surface area contributed by atoms with Crippen LogP contribution in [0.3, 0.4) is 0 Å². The number of hydrogen-bond donors (Lipinski definition) is 1. The van der Waals surface area contributed by atoms with Crippen molar-refractivity contribution in [1.82, 2.24) is 15.3 Å². The largest absolute Gasteiger partial charge is 0.308 e. The molecule has 0 aliphatic heterocycles. The third-order valence-electron chi connectivity index (χ3n) is 3.22. The lowest BCUT2D eigenvalue weighted by Gasteiger charge is -2.18. The normalized spacial score (nSPS) is 12.4. The molecule has 1 atom stereocenters. The molecule has 1 aromatic carbocycles. The maximum Gasteiger partial charge on any atom is 0.141 e. The molecule has 1 N–H and O–H groups in total. The number of halogens is 2. The SMILES string of the molecule is CCCNC(Cc1ccc(F)c(Cl)c1)c1cnc(C)cn1. The summed E-state index contributed by atoms with van der Waals surface area (Å²) in [7, 11) is 0. The lowest BCUT2D eigenvalue weighted by molar-refractivity contribution is 0.515. The summed E-state index contributed by atoms with van der Waals surface area (Å²) in [5.41, 5.74) is 2.74. The summed E-state index contributed by atoms with van der Waals surface area (Å²) in [6.07, 6.45) is 5.26. The average Bonchev–Trinajstić information content (AvgIpc) is 2.48. The minimum absolute atomic E-state index is 0.0413. The third-order valence-corrected chi connectivity index (χ3v) is 3.51. The van der Waals surface area contributed by atoms with Gasteiger partial charge >= 0.3 is 0 Å². The first-order valence-corrected chi connectivity index (χ1v) is 7.43. The molecule has 0 saturated heterocycles. The van der Waals surface area contributed by atoms with Crippen molar-refractivity contribution in [3.05, 3.63) is 58.4 Å². The number of hydrogen-bond acceptors (Lipinski definition) is 3. The van der Waals surface area contributed by atoms with Crippen LogP contribution in [0.25, 0.3) is 0 Å². The maximum atomic E-state index is 13.2. The molecular formula is C16H19ClFN3. The highest BCUT2D eigenvalue weighted by molar-refractivity contribution is 6.30. The van der Waals surface area contributed by atoms with E-state index in [-0.39, 0.29) is 11.1 Å². The minimum atomic E-state index is -0.395. The van der Waals surface area contributed by atoms with Gasteiger partial charge in [-0.3, -0.25) is 9.97 Å². The molecule has 5 heteroatoms. The van der Waals surface area contributed by atoms with Crippen molar-refractivity contribution in [3.63, 3.8) is 0 Å². The fourth-order valence-corrected chi connectivity index (χ4v) is 2.29. The van der Waals surface area contributed by atoms with E-state index in [0.29, 0.717) is 6.42 Å². The van der Waals surface area contributed by atoms with E-state index in [1.165, 1.54) is 6.07 Å². The molecule has 0 fully saturated rings. The second kappa shape index (κ2) is 7.48. The van der Waals surface area contributed by atoms with Crippen molar-refractivity contribution in [1.29, 1.82) is 0 Å². The predicted molar refractivity (Wildman–Crippen MR) is 82.9 cm³/mol. The highest BCUT2D eigenvalue weighted by atomic mass is 35.5. The number of aryl methyl sites for hydroxylation is 1. The van der Waals surface area contributed by atoms with Gasteiger partial charge in [0.1, 0.15) is 5.82 Å². The molecule has 2 aromatic rings. The van der Waals surface area contributed by atoms with Crippen molar-refractivity contribution in [2.24, 2.45) is 0 Å². The van der Waals surface area contributed by atoms with E-state index in [1.807, 2.05) is 6.92 Å². The Bertz CT molecular complexity index is 587. The van der Waals surface area contributed by atoms with Gasteiger partial charge in [-0.1, -0.05) is 24.6 Å². The van der Waals surface area contributed by atoms with Crippen LogP contribution in [0.4, 0.5) is 4.39 Å². The molecule has 0 amide bonds. The molecule has 0 aliphatic rings. The van der Waals surface area contributed by atoms with Gasteiger partial charge in [0.2, 0.25) is 0 Å². The second-order valence-electron chi connectivity index (χ2n) is 5.04. The van der Waals surface area contributed by atoms with E-state index in [9.17, 15) is 4.39 Å². The summed E-state index contributed by atoms with van der Waals surface area (Å²) in [5.74, 6) is -0.395. The van der Waals surface area contributed by atoms with Gasteiger partial charge < -0.3 is 5.32 Å². The zero-order valence-corrected chi connectivity index (χ0v) is 13.0. The maximum absolute atomic E-state index is 13.2. The quantitative estimate of drug-likeness (QED) is 0.880. The van der Waals surface area contributed by atoms with Crippen LogP contribution >= 0.6 is 11.6 Å². The number of nitrogens with one attached hydrogen (secondary N) is 1. The van der Waals surface area contributed by atoms with E-state index in [4.69, 9.17) is 11.6 Å². The van der Waals surface area contributed by atoms with E-state index in [0.717, 1.165) is 29.9 Å². The molecule has 2 rings (SSSR count). The molecule has 0 aliphatic carbocycles. The Balaban J connectivity index is 2.19. The zero-order valence-electron chi connectivity index (χ0n) is 12.2. The highest BCUT2D eigenvalue weighted by Gasteiger charge is 2.14. The summed E-state index contributed by atoms with van der Waals surface area (Å²) in [6.45, 7) is 4.90. The van der Waals surface area contributed by atoms with Crippen LogP contribution in [0.1, 0.15) is 36.3 Å². The monoisotopic (exact) mass is 307 g/mol. The van der Waals surface area contributed by atoms with E-state index in [1.54, 1.807) is 24.5 Å². The van der Waals surface area contributed by atoms with Crippen molar-refractivity contribution < 1.29 is 4.39 Å². The first-order valence-electron chi connectivity index (χ1n) is 7.06. The van der Waals surface area contributed by atoms with Crippen molar-refractivity contribution in [2.75, 3.05) is 6.54 Å². The first kappa shape index (κ1) is 15.9. The molecule has 1 heterocycles. The highest BCUT2D eigenvalue weighted by Crippen LogP contribution is 2.21. The van der Waals surface area contributed by atoms with Crippen LogP contribution in [0.15, 0.2) is 30.6 Å². The van der Waals surface area contributed by atoms with Crippen LogP contribution < -0.4 is 5.32 Å². The molecule has 21 heavy (non-hydrogen) atoms. The Labute approximate surface area is 129 Å². The average molecular weight is 308 g/mol. The van der Waals surface area contributed by atoms with Crippen LogP contribution in [-0.4, -0.2) is 16.5 Å². The fraction of sp³-hybridized carbons (Fsp3) is 0.375. The zero-order chi connectivity index (χ0) is 15.2. The summed E-state index contributed by atoms with van der Waals surface area (Å²) < 4.78 is 13.2. The Kier molecular flexibility index (Phi) is 5.65. The van der Waals surface area contributed by atoms with E-state index < -0.39 is 5.82 Å². The van der Waals surface area contributed by atoms with Crippen molar-refractivity contribution >= 4 is 11.6 Å². The lowest BCUT2D eigenvalue weighted by Crippen LogP contribution is -2.25. The number of benzene rings is 1. The molecule has 1 aromatic heterocycles. The Morgan fingerprint density at radius 2 is 2.10 bits per heavy atom. The Hall–Kier alpha value is -1.52. The molecule has 0 radical (unpaired) electrons. The second-order valence-corrected chi connectivity index (χ2v) is 5.45. The molecule has 0 bridgehead atoms. The van der Waals surface area contributed by atoms with Crippen LogP contribution in [0, 0.1) is 12.7 Å². The Morgan fingerprint density at radius 1 is 1.29 bits per heavy atom. The van der Waals surface area contributed by atoms with E-state index >= 15 is 0 Å². The van der Waals surface area contributed by atoms with Crippen molar-refractivity contribution in [2.45, 2.75) is 32.7 Å². The molecule has 0 saturated carbocycles. The van der Waals surface area contributed by atoms with Gasteiger partial charge in [0, 0.05) is 6.20 Å². The summed E-state index contributed by atoms with van der Waals surface area (Å²) in [4.78, 5) is 8.73. The van der Waals surface area contributed by atoms with Gasteiger partial charge in [-0.05, 0) is 44.0 Å². The number of rotatable bonds is 6. The van der Waals surface area contributed by atoms with Crippen LogP contribution in [0.2, 0.25) is 5.02 Å². The number of aromatic nitrogens is 2. The van der Waals surface area contributed by atoms with Crippen molar-refractivity contribution in [3.8, 4) is 0 Å². The smallest absolute Gasteiger partial charge is 0.141 e. The van der Waals surface area contributed by atoms with Gasteiger partial charge in [0.15, 0.2) is 0 Å². The predicted octanol–water partition coefficient (Wildman–Crippen LogP) is 3.86. The first-order chi connectivity index (χ1) is 10.1. The fourth-order valence-electron chi connectivity index (χ4n) is 2.08. The molecular weight excluding hydrogens is 289 g/mol. The van der Waals surface area contributed by atoms with Gasteiger partial charge in [0.25, 0.3) is 0 Å². The third kappa shape index (κ3) is 4.48. The summed E-state index contributed by atoms with van der Waals surface area (Å²) >= 11 is 5.85. The minimum Gasteiger partial charge on any atom is -0.308 e. The van der Waals surface area contributed by atoms with Gasteiger partial charge in [0.05, 0.1) is 28.6 Å². The summed E-state index contributed by atoms with van der Waals surface area (Å²) in [5, 5.41) is 3.60.